The van der Waals surface area contributed by atoms with Gasteiger partial charge in [0.25, 0.3) is 0 Å². The Morgan fingerprint density at radius 2 is 2.10 bits per heavy atom. The summed E-state index contributed by atoms with van der Waals surface area (Å²) >= 11 is 0. The van der Waals surface area contributed by atoms with Gasteiger partial charge in [-0.05, 0) is 37.1 Å². The maximum Gasteiger partial charge on any atom is 0.358 e. The molecule has 0 radical (unpaired) electrons. The number of nitrogens with zero attached hydrogens (tertiary/aromatic N) is 5. The van der Waals surface area contributed by atoms with Gasteiger partial charge in [0, 0.05) is 18.1 Å². The molecule has 0 aliphatic carbocycles. The predicted molar refractivity (Wildman–Crippen MR) is 106 cm³/mol. The maximum absolute atomic E-state index is 12.3. The molecule has 29 heavy (non-hydrogen) atoms. The van der Waals surface area contributed by atoms with Crippen molar-refractivity contribution in [2.45, 2.75) is 6.92 Å². The number of hydrogen-bond donors (Lipinski definition) is 1. The normalized spacial score (nSPS) is 10.8. The van der Waals surface area contributed by atoms with Crippen molar-refractivity contribution in [3.63, 3.8) is 0 Å². The van der Waals surface area contributed by atoms with Crippen molar-refractivity contribution in [2.24, 2.45) is 7.05 Å². The summed E-state index contributed by atoms with van der Waals surface area (Å²) in [5.41, 5.74) is 2.94. The van der Waals surface area contributed by atoms with Crippen LogP contribution in [0.15, 0.2) is 35.3 Å². The maximum atomic E-state index is 12.3. The molecule has 0 fully saturated rings. The van der Waals surface area contributed by atoms with Crippen LogP contribution >= 0.6 is 0 Å². The van der Waals surface area contributed by atoms with Gasteiger partial charge in [0.2, 0.25) is 5.82 Å². The lowest BCUT2D eigenvalue weighted by Gasteiger charge is -2.03. The summed E-state index contributed by atoms with van der Waals surface area (Å²) in [6.07, 6.45) is 6.98. The minimum absolute atomic E-state index is 0.196. The van der Waals surface area contributed by atoms with Crippen LogP contribution in [0.25, 0.3) is 28.0 Å². The highest BCUT2D eigenvalue weighted by molar-refractivity contribution is 6.02. The third kappa shape index (κ3) is 2.96. The van der Waals surface area contributed by atoms with Crippen LogP contribution in [0.4, 0.5) is 0 Å². The van der Waals surface area contributed by atoms with Gasteiger partial charge >= 0.3 is 11.7 Å². The molecule has 0 saturated carbocycles. The monoisotopic (exact) mass is 388 g/mol. The smallest absolute Gasteiger partial charge is 0.358 e. The molecule has 0 saturated heterocycles. The number of aryl methyl sites for hydroxylation is 2. The van der Waals surface area contributed by atoms with Gasteiger partial charge in [-0.15, -0.1) is 11.5 Å². The van der Waals surface area contributed by atoms with Crippen LogP contribution in [0.1, 0.15) is 22.0 Å². The molecule has 4 rings (SSSR count). The van der Waals surface area contributed by atoms with E-state index in [9.17, 15) is 9.59 Å². The lowest BCUT2D eigenvalue weighted by Crippen LogP contribution is -2.22. The molecule has 0 spiro atoms. The van der Waals surface area contributed by atoms with E-state index in [1.807, 2.05) is 12.1 Å². The highest BCUT2D eigenvalue weighted by Gasteiger charge is 2.17. The Kier molecular flexibility index (Phi) is 4.24. The molecule has 4 heterocycles. The van der Waals surface area contributed by atoms with Gasteiger partial charge in [0.05, 0.1) is 35.9 Å². The summed E-state index contributed by atoms with van der Waals surface area (Å²) in [4.78, 5) is 36.2. The third-order valence-electron chi connectivity index (χ3n) is 4.45. The molecule has 0 amide bonds. The molecule has 0 aromatic carbocycles. The number of H-pyrrole nitrogens is 1. The molecule has 0 unspecified atom stereocenters. The molecule has 9 heteroatoms. The van der Waals surface area contributed by atoms with Gasteiger partial charge in [0.15, 0.2) is 5.69 Å². The molecular weight excluding hydrogens is 372 g/mol. The Labute approximate surface area is 165 Å². The van der Waals surface area contributed by atoms with E-state index in [4.69, 9.17) is 11.2 Å². The number of esters is 1. The highest BCUT2D eigenvalue weighted by Crippen LogP contribution is 2.26. The number of aromatic amines is 1. The first-order valence-electron chi connectivity index (χ1n) is 8.61. The van der Waals surface area contributed by atoms with Crippen LogP contribution < -0.4 is 5.69 Å². The number of nitrogens with one attached hydrogen (secondary N) is 1. The first-order chi connectivity index (χ1) is 13.9. The van der Waals surface area contributed by atoms with Crippen molar-refractivity contribution in [3.8, 4) is 29.4 Å². The number of ether oxygens (including phenoxy) is 1. The van der Waals surface area contributed by atoms with Crippen molar-refractivity contribution >= 4 is 16.9 Å². The third-order valence-corrected chi connectivity index (χ3v) is 4.45. The second kappa shape index (κ2) is 6.76. The number of aromatic nitrogens is 6. The molecule has 1 N–H and O–H groups in total. The molecule has 0 atom stereocenters. The predicted octanol–water partition coefficient (Wildman–Crippen LogP) is 1.59. The summed E-state index contributed by atoms with van der Waals surface area (Å²) < 4.78 is 7.30. The lowest BCUT2D eigenvalue weighted by atomic mass is 10.2. The Hall–Kier alpha value is -4.19. The summed E-state index contributed by atoms with van der Waals surface area (Å²) in [7, 11) is 2.84. The standard InChI is InChI=1S/C20H16N6O3/c1-5-16-24-25(3)20(28)26(16)13-6-7-14(21-10-13)15-9-12-8-11(2)22-18(17(12)23-15)19(27)29-4/h1,6-10,23H,2-4H3. The number of carbonyl (C=O) groups is 1. The summed E-state index contributed by atoms with van der Waals surface area (Å²) in [5, 5.41) is 4.82. The first-order valence-corrected chi connectivity index (χ1v) is 8.61. The fourth-order valence-electron chi connectivity index (χ4n) is 3.12. The molecule has 4 aromatic heterocycles. The molecule has 9 nitrogen and oxygen atoms in total. The average Bonchev–Trinajstić information content (AvgIpc) is 3.27. The van der Waals surface area contributed by atoms with E-state index >= 15 is 0 Å². The zero-order valence-electron chi connectivity index (χ0n) is 15.9. The highest BCUT2D eigenvalue weighted by atomic mass is 16.5. The molecule has 0 aliphatic heterocycles. The molecular formula is C20H16N6O3. The van der Waals surface area contributed by atoms with Crippen LogP contribution in [-0.4, -0.2) is 42.4 Å². The zero-order chi connectivity index (χ0) is 20.7. The van der Waals surface area contributed by atoms with Crippen LogP contribution in [0.2, 0.25) is 0 Å². The van der Waals surface area contributed by atoms with Crippen molar-refractivity contribution in [2.75, 3.05) is 7.11 Å². The van der Waals surface area contributed by atoms with Crippen molar-refractivity contribution in [1.82, 2.24) is 29.3 Å². The second-order valence-electron chi connectivity index (χ2n) is 6.36. The van der Waals surface area contributed by atoms with Crippen LogP contribution in [0, 0.1) is 19.3 Å². The van der Waals surface area contributed by atoms with Gasteiger partial charge < -0.3 is 9.72 Å². The van der Waals surface area contributed by atoms with E-state index in [1.54, 1.807) is 19.1 Å². The number of rotatable bonds is 3. The van der Waals surface area contributed by atoms with Gasteiger partial charge in [0.1, 0.15) is 0 Å². The van der Waals surface area contributed by atoms with Gasteiger partial charge in [-0.3, -0.25) is 4.98 Å². The average molecular weight is 388 g/mol. The van der Waals surface area contributed by atoms with E-state index < -0.39 is 5.97 Å². The molecule has 144 valence electrons. The van der Waals surface area contributed by atoms with Crippen LogP contribution in [0.5, 0.6) is 0 Å². The van der Waals surface area contributed by atoms with E-state index in [0.29, 0.717) is 28.3 Å². The van der Waals surface area contributed by atoms with E-state index in [-0.39, 0.29) is 17.2 Å². The summed E-state index contributed by atoms with van der Waals surface area (Å²) in [6, 6.07) is 7.21. The minimum atomic E-state index is -0.520. The minimum Gasteiger partial charge on any atom is -0.464 e. The van der Waals surface area contributed by atoms with Crippen molar-refractivity contribution in [1.29, 1.82) is 0 Å². The number of hydrogen-bond acceptors (Lipinski definition) is 6. The fraction of sp³-hybridized carbons (Fsp3) is 0.150. The quantitative estimate of drug-likeness (QED) is 0.422. The summed E-state index contributed by atoms with van der Waals surface area (Å²) in [6.45, 7) is 1.81. The van der Waals surface area contributed by atoms with Crippen LogP contribution in [-0.2, 0) is 11.8 Å². The largest absolute Gasteiger partial charge is 0.464 e. The molecule has 4 aromatic rings. The first kappa shape index (κ1) is 18.2. The van der Waals surface area contributed by atoms with Crippen LogP contribution in [0.3, 0.4) is 0 Å². The SMILES string of the molecule is C#Cc1nn(C)c(=O)n1-c1ccc(-c2cc3cc(C)nc(C(=O)OC)c3[nH]2)nc1. The number of carbonyl (C=O) groups excluding carboxylic acids is 1. The van der Waals surface area contributed by atoms with Gasteiger partial charge in [-0.1, -0.05) is 0 Å². The number of methoxy groups -OCH3 is 1. The van der Waals surface area contributed by atoms with Gasteiger partial charge in [-0.2, -0.15) is 0 Å². The fourth-order valence-corrected chi connectivity index (χ4v) is 3.12. The number of pyridine rings is 2. The van der Waals surface area contributed by atoms with E-state index in [1.165, 1.54) is 29.6 Å². The molecule has 0 aliphatic rings. The van der Waals surface area contributed by atoms with E-state index in [2.05, 4.69) is 26.0 Å². The number of terminal acetylenes is 1. The van der Waals surface area contributed by atoms with E-state index in [0.717, 1.165) is 5.39 Å². The van der Waals surface area contributed by atoms with Crippen molar-refractivity contribution < 1.29 is 9.53 Å². The Bertz CT molecular complexity index is 1350. The lowest BCUT2D eigenvalue weighted by molar-refractivity contribution is 0.0596. The number of fused-ring (bicyclic) bond motifs is 1. The van der Waals surface area contributed by atoms with Crippen molar-refractivity contribution in [3.05, 3.63) is 58.2 Å². The Morgan fingerprint density at radius 1 is 1.31 bits per heavy atom. The topological polar surface area (TPSA) is 108 Å². The zero-order valence-corrected chi connectivity index (χ0v) is 15.9. The Balaban J connectivity index is 1.79. The summed E-state index contributed by atoms with van der Waals surface area (Å²) in [5.74, 6) is 2.07. The van der Waals surface area contributed by atoms with Gasteiger partial charge in [-0.25, -0.2) is 23.8 Å². The Morgan fingerprint density at radius 3 is 2.76 bits per heavy atom. The second-order valence-corrected chi connectivity index (χ2v) is 6.36. The molecule has 0 bridgehead atoms.